The van der Waals surface area contributed by atoms with Crippen LogP contribution in [-0.4, -0.2) is 5.84 Å². The van der Waals surface area contributed by atoms with Crippen LogP contribution in [0.15, 0.2) is 18.2 Å². The van der Waals surface area contributed by atoms with Crippen LogP contribution >= 0.6 is 0 Å². The van der Waals surface area contributed by atoms with Crippen molar-refractivity contribution in [3.05, 3.63) is 35.1 Å². The lowest BCUT2D eigenvalue weighted by Gasteiger charge is -2.03. The lowest BCUT2D eigenvalue weighted by atomic mass is 10.1. The number of rotatable bonds is 1. The molecule has 1 aliphatic rings. The first-order valence-corrected chi connectivity index (χ1v) is 4.28. The molecule has 0 heterocycles. The fourth-order valence-corrected chi connectivity index (χ4v) is 1.83. The van der Waals surface area contributed by atoms with Gasteiger partial charge in [0.1, 0.15) is 5.82 Å². The predicted molar refractivity (Wildman–Crippen MR) is 49.2 cm³/mol. The zero-order chi connectivity index (χ0) is 9.42. The van der Waals surface area contributed by atoms with Crippen molar-refractivity contribution in [1.29, 1.82) is 5.41 Å². The average molecular weight is 178 g/mol. The van der Waals surface area contributed by atoms with Crippen molar-refractivity contribution in [2.24, 2.45) is 11.7 Å². The average Bonchev–Trinajstić information content (AvgIpc) is 2.49. The maximum absolute atomic E-state index is 13.2. The van der Waals surface area contributed by atoms with Crippen LogP contribution in [0, 0.1) is 17.1 Å². The van der Waals surface area contributed by atoms with E-state index in [0.717, 1.165) is 11.1 Å². The maximum atomic E-state index is 13.2. The van der Waals surface area contributed by atoms with Gasteiger partial charge in [0.2, 0.25) is 0 Å². The minimum absolute atomic E-state index is 0.00639. The zero-order valence-corrected chi connectivity index (χ0v) is 7.18. The molecule has 1 aromatic carbocycles. The summed E-state index contributed by atoms with van der Waals surface area (Å²) in [6.45, 7) is 0. The Kier molecular flexibility index (Phi) is 1.79. The van der Waals surface area contributed by atoms with Crippen LogP contribution in [0.3, 0.4) is 0 Å². The normalized spacial score (nSPS) is 19.9. The molecule has 0 saturated carbocycles. The number of benzene rings is 1. The lowest BCUT2D eigenvalue weighted by Crippen LogP contribution is -2.22. The van der Waals surface area contributed by atoms with Gasteiger partial charge in [0.25, 0.3) is 0 Å². The third-order valence-electron chi connectivity index (χ3n) is 2.57. The predicted octanol–water partition coefficient (Wildman–Crippen LogP) is 1.48. The van der Waals surface area contributed by atoms with Gasteiger partial charge in [0, 0.05) is 5.92 Å². The molecule has 1 aromatic rings. The molecule has 0 amide bonds. The second kappa shape index (κ2) is 2.83. The van der Waals surface area contributed by atoms with Crippen molar-refractivity contribution in [1.82, 2.24) is 0 Å². The van der Waals surface area contributed by atoms with Gasteiger partial charge in [0.05, 0.1) is 5.84 Å². The minimum Gasteiger partial charge on any atom is -0.387 e. The molecule has 0 spiro atoms. The topological polar surface area (TPSA) is 49.9 Å². The van der Waals surface area contributed by atoms with E-state index >= 15 is 0 Å². The molecule has 0 bridgehead atoms. The maximum Gasteiger partial charge on any atom is 0.126 e. The fraction of sp³-hybridized carbons (Fsp3) is 0.300. The lowest BCUT2D eigenvalue weighted by molar-refractivity contribution is 0.607. The third-order valence-corrected chi connectivity index (χ3v) is 2.57. The van der Waals surface area contributed by atoms with E-state index in [-0.39, 0.29) is 17.6 Å². The van der Waals surface area contributed by atoms with Crippen LogP contribution in [0.25, 0.3) is 0 Å². The molecule has 1 aliphatic carbocycles. The Labute approximate surface area is 76.1 Å². The first-order chi connectivity index (χ1) is 6.18. The number of hydrogen-bond acceptors (Lipinski definition) is 1. The standard InChI is InChI=1S/C10H11FN2/c11-9-3-1-2-6-4-7(10(12)13)5-8(6)9/h1-3,7H,4-5H2,(H3,12,13). The summed E-state index contributed by atoms with van der Waals surface area (Å²) in [6, 6.07) is 5.07. The molecule has 2 rings (SSSR count). The molecule has 3 heteroatoms. The number of halogens is 1. The number of nitrogens with one attached hydrogen (secondary N) is 1. The van der Waals surface area contributed by atoms with Crippen molar-refractivity contribution in [2.45, 2.75) is 12.8 Å². The van der Waals surface area contributed by atoms with Crippen LogP contribution in [0.2, 0.25) is 0 Å². The van der Waals surface area contributed by atoms with E-state index in [9.17, 15) is 4.39 Å². The van der Waals surface area contributed by atoms with E-state index in [1.807, 2.05) is 6.07 Å². The molecule has 2 nitrogen and oxygen atoms in total. The van der Waals surface area contributed by atoms with Gasteiger partial charge in [-0.15, -0.1) is 0 Å². The summed E-state index contributed by atoms with van der Waals surface area (Å²) in [7, 11) is 0. The molecule has 3 N–H and O–H groups in total. The second-order valence-corrected chi connectivity index (χ2v) is 3.44. The Balaban J connectivity index is 2.35. The minimum atomic E-state index is -0.166. The summed E-state index contributed by atoms with van der Waals surface area (Å²) < 4.78 is 13.2. The summed E-state index contributed by atoms with van der Waals surface area (Å²) in [4.78, 5) is 0. The van der Waals surface area contributed by atoms with Gasteiger partial charge in [-0.05, 0) is 30.0 Å². The van der Waals surface area contributed by atoms with Crippen LogP contribution < -0.4 is 5.73 Å². The summed E-state index contributed by atoms with van der Waals surface area (Å²) in [5, 5.41) is 7.29. The van der Waals surface area contributed by atoms with Crippen LogP contribution in [0.1, 0.15) is 11.1 Å². The highest BCUT2D eigenvalue weighted by atomic mass is 19.1. The van der Waals surface area contributed by atoms with Crippen molar-refractivity contribution in [2.75, 3.05) is 0 Å². The highest BCUT2D eigenvalue weighted by Gasteiger charge is 2.25. The summed E-state index contributed by atoms with van der Waals surface area (Å²) >= 11 is 0. The molecule has 68 valence electrons. The molecular formula is C10H11FN2. The Morgan fingerprint density at radius 1 is 1.46 bits per heavy atom. The van der Waals surface area contributed by atoms with E-state index in [4.69, 9.17) is 11.1 Å². The van der Waals surface area contributed by atoms with Crippen molar-refractivity contribution in [3.8, 4) is 0 Å². The number of fused-ring (bicyclic) bond motifs is 1. The van der Waals surface area contributed by atoms with Gasteiger partial charge in [-0.2, -0.15) is 0 Å². The fourth-order valence-electron chi connectivity index (χ4n) is 1.83. The molecular weight excluding hydrogens is 167 g/mol. The third kappa shape index (κ3) is 1.30. The van der Waals surface area contributed by atoms with Gasteiger partial charge in [-0.3, -0.25) is 5.41 Å². The molecule has 1 atom stereocenters. The van der Waals surface area contributed by atoms with Crippen molar-refractivity contribution in [3.63, 3.8) is 0 Å². The first kappa shape index (κ1) is 8.23. The first-order valence-electron chi connectivity index (χ1n) is 4.28. The van der Waals surface area contributed by atoms with Gasteiger partial charge in [-0.1, -0.05) is 12.1 Å². The van der Waals surface area contributed by atoms with Crippen LogP contribution in [-0.2, 0) is 12.8 Å². The molecule has 0 fully saturated rings. The molecule has 0 aliphatic heterocycles. The van der Waals surface area contributed by atoms with E-state index in [1.54, 1.807) is 6.07 Å². The van der Waals surface area contributed by atoms with E-state index < -0.39 is 0 Å². The Morgan fingerprint density at radius 2 is 2.23 bits per heavy atom. The SMILES string of the molecule is N=C(N)C1Cc2cccc(F)c2C1. The summed E-state index contributed by atoms with van der Waals surface area (Å²) in [5.41, 5.74) is 7.13. The second-order valence-electron chi connectivity index (χ2n) is 3.44. The Bertz CT molecular complexity index is 360. The van der Waals surface area contributed by atoms with E-state index in [1.165, 1.54) is 6.07 Å². The van der Waals surface area contributed by atoms with E-state index in [2.05, 4.69) is 0 Å². The van der Waals surface area contributed by atoms with Gasteiger partial charge >= 0.3 is 0 Å². The highest BCUT2D eigenvalue weighted by molar-refractivity contribution is 5.81. The molecule has 0 radical (unpaired) electrons. The van der Waals surface area contributed by atoms with Crippen LogP contribution in [0.5, 0.6) is 0 Å². The smallest absolute Gasteiger partial charge is 0.126 e. The van der Waals surface area contributed by atoms with Crippen molar-refractivity contribution < 1.29 is 4.39 Å². The van der Waals surface area contributed by atoms with Crippen molar-refractivity contribution >= 4 is 5.84 Å². The number of hydrogen-bond donors (Lipinski definition) is 2. The highest BCUT2D eigenvalue weighted by Crippen LogP contribution is 2.28. The Morgan fingerprint density at radius 3 is 2.85 bits per heavy atom. The summed E-state index contributed by atoms with van der Waals surface area (Å²) in [5.74, 6) is 0.00347. The number of nitrogens with two attached hydrogens (primary N) is 1. The molecule has 1 unspecified atom stereocenters. The van der Waals surface area contributed by atoms with E-state index in [0.29, 0.717) is 12.8 Å². The zero-order valence-electron chi connectivity index (χ0n) is 7.18. The molecule has 0 saturated heterocycles. The quantitative estimate of drug-likeness (QED) is 0.496. The molecule has 0 aromatic heterocycles. The summed E-state index contributed by atoms with van der Waals surface area (Å²) in [6.07, 6.45) is 1.29. The van der Waals surface area contributed by atoms with Gasteiger partial charge in [0.15, 0.2) is 0 Å². The Hall–Kier alpha value is -1.38. The monoisotopic (exact) mass is 178 g/mol. The van der Waals surface area contributed by atoms with Gasteiger partial charge in [-0.25, -0.2) is 4.39 Å². The number of amidine groups is 1. The molecule has 13 heavy (non-hydrogen) atoms. The largest absolute Gasteiger partial charge is 0.387 e. The van der Waals surface area contributed by atoms with Crippen LogP contribution in [0.4, 0.5) is 4.39 Å². The van der Waals surface area contributed by atoms with Gasteiger partial charge < -0.3 is 5.73 Å².